The van der Waals surface area contributed by atoms with E-state index in [0.717, 1.165) is 24.0 Å². The molecule has 0 saturated carbocycles. The highest BCUT2D eigenvalue weighted by Crippen LogP contribution is 2.36. The Bertz CT molecular complexity index is 1270. The maximum Gasteiger partial charge on any atom is 0.340 e. The number of esters is 1. The zero-order chi connectivity index (χ0) is 22.0. The first kappa shape index (κ1) is 20.2. The molecule has 0 aliphatic heterocycles. The Labute approximate surface area is 178 Å². The maximum atomic E-state index is 13.0. The number of carbonyl (C=O) groups is 1. The molecule has 1 aromatic heterocycles. The van der Waals surface area contributed by atoms with Gasteiger partial charge in [-0.15, -0.1) is 0 Å². The highest BCUT2D eigenvalue weighted by Gasteiger charge is 2.26. The Morgan fingerprint density at radius 2 is 2.06 bits per heavy atom. The predicted octanol–water partition coefficient (Wildman–Crippen LogP) is 5.09. The monoisotopic (exact) mass is 413 g/mol. The summed E-state index contributed by atoms with van der Waals surface area (Å²) in [5.41, 5.74) is 4.22. The van der Waals surface area contributed by atoms with Crippen LogP contribution in [0, 0.1) is 21.4 Å². The first-order valence-electron chi connectivity index (χ1n) is 9.95. The Morgan fingerprint density at radius 3 is 2.84 bits per heavy atom. The number of rotatable bonds is 4. The number of nitriles is 1. The van der Waals surface area contributed by atoms with Gasteiger partial charge in [0.1, 0.15) is 6.07 Å². The van der Waals surface area contributed by atoms with Gasteiger partial charge >= 0.3 is 5.97 Å². The van der Waals surface area contributed by atoms with E-state index in [9.17, 15) is 14.9 Å². The second-order valence-corrected chi connectivity index (χ2v) is 7.38. The van der Waals surface area contributed by atoms with Crippen LogP contribution in [-0.2, 0) is 11.2 Å². The molecule has 0 spiro atoms. The third-order valence-corrected chi connectivity index (χ3v) is 5.26. The van der Waals surface area contributed by atoms with E-state index >= 15 is 0 Å². The summed E-state index contributed by atoms with van der Waals surface area (Å²) in [5, 5.41) is 20.9. The second kappa shape index (κ2) is 8.36. The number of hydrogen-bond acceptors (Lipinski definition) is 6. The molecule has 0 unspecified atom stereocenters. The van der Waals surface area contributed by atoms with Crippen molar-refractivity contribution in [1.82, 2.24) is 4.98 Å². The van der Waals surface area contributed by atoms with Crippen molar-refractivity contribution in [2.45, 2.75) is 32.3 Å². The number of non-ortho nitro benzene ring substituents is 1. The predicted molar refractivity (Wildman–Crippen MR) is 116 cm³/mol. The van der Waals surface area contributed by atoms with Gasteiger partial charge in [-0.2, -0.15) is 5.26 Å². The number of carbonyl (C=O) groups excluding carboxylic acids is 1. The standard InChI is InChI=1S/C24H19N3O4/c1-15(14-25)31-24(28)22-19-9-2-3-11-21(19)26-23-17(7-5-10-20(22)23)12-16-6-4-8-18(13-16)27(29)30/h2-4,6,8-9,11-13,15H,5,7,10H2,1H3/b17-12+/t15-/m1/s1. The molecular formula is C24H19N3O4. The van der Waals surface area contributed by atoms with Gasteiger partial charge in [0, 0.05) is 17.5 Å². The molecule has 3 aromatic rings. The van der Waals surface area contributed by atoms with Crippen LogP contribution in [0.25, 0.3) is 22.6 Å². The minimum Gasteiger partial charge on any atom is -0.444 e. The fraction of sp³-hybridized carbons (Fsp3) is 0.208. The summed E-state index contributed by atoms with van der Waals surface area (Å²) in [6, 6.07) is 15.7. The maximum absolute atomic E-state index is 13.0. The van der Waals surface area contributed by atoms with Crippen molar-refractivity contribution in [3.63, 3.8) is 0 Å². The van der Waals surface area contributed by atoms with Gasteiger partial charge in [-0.05, 0) is 55.0 Å². The number of aromatic nitrogens is 1. The molecule has 2 aromatic carbocycles. The molecule has 1 heterocycles. The molecule has 1 atom stereocenters. The average Bonchev–Trinajstić information content (AvgIpc) is 2.77. The SMILES string of the molecule is C[C@H](C#N)OC(=O)c1c2c(nc3ccccc13)/C(=C/c1cccc([N+](=O)[O-])c1)CCC2. The van der Waals surface area contributed by atoms with Gasteiger partial charge in [-0.1, -0.05) is 30.3 Å². The quantitative estimate of drug-likeness (QED) is 0.335. The van der Waals surface area contributed by atoms with Gasteiger partial charge in [-0.3, -0.25) is 10.1 Å². The van der Waals surface area contributed by atoms with E-state index in [1.165, 1.54) is 19.1 Å². The van der Waals surface area contributed by atoms with Crippen molar-refractivity contribution < 1.29 is 14.5 Å². The molecule has 7 nitrogen and oxygen atoms in total. The van der Waals surface area contributed by atoms with Crippen LogP contribution < -0.4 is 0 Å². The first-order valence-corrected chi connectivity index (χ1v) is 9.95. The van der Waals surface area contributed by atoms with E-state index < -0.39 is 17.0 Å². The second-order valence-electron chi connectivity index (χ2n) is 7.38. The molecule has 0 saturated heterocycles. The highest BCUT2D eigenvalue weighted by molar-refractivity contribution is 6.06. The van der Waals surface area contributed by atoms with E-state index in [1.807, 2.05) is 36.4 Å². The summed E-state index contributed by atoms with van der Waals surface area (Å²) in [6.07, 6.45) is 3.23. The lowest BCUT2D eigenvalue weighted by molar-refractivity contribution is -0.384. The summed E-state index contributed by atoms with van der Waals surface area (Å²) in [5.74, 6) is -0.541. The number of nitro benzene ring substituents is 1. The fourth-order valence-electron chi connectivity index (χ4n) is 3.88. The third kappa shape index (κ3) is 4.01. The van der Waals surface area contributed by atoms with Gasteiger partial charge < -0.3 is 4.74 Å². The number of benzene rings is 2. The Balaban J connectivity index is 1.89. The molecule has 0 amide bonds. The van der Waals surface area contributed by atoms with Crippen LogP contribution in [0.5, 0.6) is 0 Å². The number of nitro groups is 1. The van der Waals surface area contributed by atoms with E-state index in [-0.39, 0.29) is 5.69 Å². The number of nitrogens with zero attached hydrogens (tertiary/aromatic N) is 3. The molecule has 1 aliphatic carbocycles. The van der Waals surface area contributed by atoms with Crippen LogP contribution in [0.3, 0.4) is 0 Å². The molecule has 0 radical (unpaired) electrons. The summed E-state index contributed by atoms with van der Waals surface area (Å²) < 4.78 is 5.33. The molecular weight excluding hydrogens is 394 g/mol. The molecule has 7 heteroatoms. The molecule has 0 fully saturated rings. The fourth-order valence-corrected chi connectivity index (χ4v) is 3.88. The molecule has 1 aliphatic rings. The Kier molecular flexibility index (Phi) is 5.46. The zero-order valence-corrected chi connectivity index (χ0v) is 16.9. The number of ether oxygens (including phenoxy) is 1. The van der Waals surface area contributed by atoms with Crippen molar-refractivity contribution >= 4 is 34.2 Å². The smallest absolute Gasteiger partial charge is 0.340 e. The zero-order valence-electron chi connectivity index (χ0n) is 16.9. The lowest BCUT2D eigenvalue weighted by Crippen LogP contribution is -2.18. The normalized spacial score (nSPS) is 15.2. The lowest BCUT2D eigenvalue weighted by atomic mass is 9.86. The molecule has 154 valence electrons. The van der Waals surface area contributed by atoms with E-state index in [4.69, 9.17) is 15.0 Å². The van der Waals surface area contributed by atoms with Crippen molar-refractivity contribution in [2.24, 2.45) is 0 Å². The largest absolute Gasteiger partial charge is 0.444 e. The molecule has 4 rings (SSSR count). The van der Waals surface area contributed by atoms with Crippen LogP contribution in [-0.4, -0.2) is 22.0 Å². The van der Waals surface area contributed by atoms with Crippen LogP contribution in [0.4, 0.5) is 5.69 Å². The topological polar surface area (TPSA) is 106 Å². The molecule has 31 heavy (non-hydrogen) atoms. The number of fused-ring (bicyclic) bond motifs is 2. The van der Waals surface area contributed by atoms with Gasteiger partial charge in [0.25, 0.3) is 5.69 Å². The summed E-state index contributed by atoms with van der Waals surface area (Å²) >= 11 is 0. The lowest BCUT2D eigenvalue weighted by Gasteiger charge is -2.22. The Morgan fingerprint density at radius 1 is 1.26 bits per heavy atom. The number of para-hydroxylation sites is 1. The highest BCUT2D eigenvalue weighted by atomic mass is 16.6. The summed E-state index contributed by atoms with van der Waals surface area (Å²) in [4.78, 5) is 28.5. The minimum absolute atomic E-state index is 0.0200. The van der Waals surface area contributed by atoms with Crippen molar-refractivity contribution in [2.75, 3.05) is 0 Å². The van der Waals surface area contributed by atoms with Gasteiger partial charge in [-0.25, -0.2) is 9.78 Å². The number of hydrogen-bond donors (Lipinski definition) is 0. The van der Waals surface area contributed by atoms with Gasteiger partial charge in [0.05, 0.1) is 21.7 Å². The van der Waals surface area contributed by atoms with Gasteiger partial charge in [0.2, 0.25) is 0 Å². The van der Waals surface area contributed by atoms with E-state index in [2.05, 4.69) is 0 Å². The van der Waals surface area contributed by atoms with Crippen LogP contribution >= 0.6 is 0 Å². The minimum atomic E-state index is -0.862. The first-order chi connectivity index (χ1) is 15.0. The molecule has 0 N–H and O–H groups in total. The van der Waals surface area contributed by atoms with E-state index in [1.54, 1.807) is 12.1 Å². The third-order valence-electron chi connectivity index (χ3n) is 5.26. The van der Waals surface area contributed by atoms with Crippen molar-refractivity contribution in [3.05, 3.63) is 81.0 Å². The Hall–Kier alpha value is -4.05. The summed E-state index contributed by atoms with van der Waals surface area (Å²) in [6.45, 7) is 1.53. The number of pyridine rings is 1. The van der Waals surface area contributed by atoms with Crippen LogP contribution in [0.1, 0.15) is 46.9 Å². The average molecular weight is 413 g/mol. The van der Waals surface area contributed by atoms with Crippen molar-refractivity contribution in [3.8, 4) is 6.07 Å². The van der Waals surface area contributed by atoms with Crippen LogP contribution in [0.2, 0.25) is 0 Å². The summed E-state index contributed by atoms with van der Waals surface area (Å²) in [7, 11) is 0. The molecule has 0 bridgehead atoms. The van der Waals surface area contributed by atoms with E-state index in [0.29, 0.717) is 34.1 Å². The van der Waals surface area contributed by atoms with Gasteiger partial charge in [0.15, 0.2) is 6.10 Å². The van der Waals surface area contributed by atoms with Crippen LogP contribution in [0.15, 0.2) is 48.5 Å². The van der Waals surface area contributed by atoms with Crippen molar-refractivity contribution in [1.29, 1.82) is 5.26 Å². The number of allylic oxidation sites excluding steroid dienone is 1.